The van der Waals surface area contributed by atoms with Gasteiger partial charge in [-0.05, 0) is 23.3 Å². The summed E-state index contributed by atoms with van der Waals surface area (Å²) in [5, 5.41) is 0.125. The Morgan fingerprint density at radius 3 is 2.69 bits per heavy atom. The molecular formula is C12H10ClFN2. The van der Waals surface area contributed by atoms with Gasteiger partial charge in [0.2, 0.25) is 0 Å². The predicted molar refractivity (Wildman–Crippen MR) is 62.9 cm³/mol. The minimum absolute atomic E-state index is 0.125. The van der Waals surface area contributed by atoms with Gasteiger partial charge in [-0.25, -0.2) is 9.37 Å². The molecule has 2 rings (SSSR count). The van der Waals surface area contributed by atoms with Gasteiger partial charge in [0, 0.05) is 12.6 Å². The molecule has 0 unspecified atom stereocenters. The lowest BCUT2D eigenvalue weighted by Crippen LogP contribution is -1.99. The lowest BCUT2D eigenvalue weighted by Gasteiger charge is -2.06. The Balaban J connectivity index is 2.35. The average Bonchev–Trinajstić information content (AvgIpc) is 2.28. The molecule has 0 aliphatic heterocycles. The molecule has 1 heterocycles. The Hall–Kier alpha value is -1.61. The highest BCUT2D eigenvalue weighted by molar-refractivity contribution is 6.30. The van der Waals surface area contributed by atoms with Crippen molar-refractivity contribution in [1.29, 1.82) is 0 Å². The highest BCUT2D eigenvalue weighted by Crippen LogP contribution is 2.21. The smallest absolute Gasteiger partial charge is 0.145 e. The third-order valence-electron chi connectivity index (χ3n) is 2.34. The molecule has 2 aromatic rings. The van der Waals surface area contributed by atoms with Gasteiger partial charge in [-0.2, -0.15) is 0 Å². The normalized spacial score (nSPS) is 10.4. The molecule has 0 saturated carbocycles. The van der Waals surface area contributed by atoms with Crippen LogP contribution >= 0.6 is 11.6 Å². The molecule has 1 aromatic carbocycles. The van der Waals surface area contributed by atoms with Gasteiger partial charge in [-0.15, -0.1) is 0 Å². The van der Waals surface area contributed by atoms with Gasteiger partial charge < -0.3 is 5.73 Å². The Morgan fingerprint density at radius 1 is 1.19 bits per heavy atom. The van der Waals surface area contributed by atoms with Crippen LogP contribution in [0.15, 0.2) is 36.5 Å². The van der Waals surface area contributed by atoms with E-state index in [1.54, 1.807) is 24.4 Å². The number of hydrogen-bond donors (Lipinski definition) is 1. The molecule has 0 saturated heterocycles. The predicted octanol–water partition coefficient (Wildman–Crippen LogP) is 3.05. The van der Waals surface area contributed by atoms with Crippen molar-refractivity contribution >= 4 is 17.4 Å². The van der Waals surface area contributed by atoms with Crippen molar-refractivity contribution in [3.05, 3.63) is 58.5 Å². The SMILES string of the molecule is Nc1ncccc1Cc1cccc(Cl)c1F. The van der Waals surface area contributed by atoms with Crippen LogP contribution < -0.4 is 5.73 Å². The number of halogens is 2. The van der Waals surface area contributed by atoms with Crippen molar-refractivity contribution < 1.29 is 4.39 Å². The maximum atomic E-state index is 13.6. The van der Waals surface area contributed by atoms with Crippen LogP contribution in [-0.2, 0) is 6.42 Å². The Labute approximate surface area is 97.9 Å². The third-order valence-corrected chi connectivity index (χ3v) is 2.63. The summed E-state index contributed by atoms with van der Waals surface area (Å²) in [7, 11) is 0. The van der Waals surface area contributed by atoms with Gasteiger partial charge in [-0.3, -0.25) is 0 Å². The number of benzene rings is 1. The van der Waals surface area contributed by atoms with E-state index in [0.29, 0.717) is 17.8 Å². The van der Waals surface area contributed by atoms with Crippen molar-refractivity contribution in [3.63, 3.8) is 0 Å². The van der Waals surface area contributed by atoms with E-state index in [1.807, 2.05) is 6.07 Å². The summed E-state index contributed by atoms with van der Waals surface area (Å²) >= 11 is 5.70. The monoisotopic (exact) mass is 236 g/mol. The summed E-state index contributed by atoms with van der Waals surface area (Å²) in [5.74, 6) is 0.0225. The van der Waals surface area contributed by atoms with E-state index >= 15 is 0 Å². The molecule has 16 heavy (non-hydrogen) atoms. The zero-order valence-corrected chi connectivity index (χ0v) is 9.21. The van der Waals surface area contributed by atoms with Gasteiger partial charge in [0.25, 0.3) is 0 Å². The third kappa shape index (κ3) is 2.14. The van der Waals surface area contributed by atoms with Crippen LogP contribution in [0.3, 0.4) is 0 Å². The molecule has 0 atom stereocenters. The zero-order chi connectivity index (χ0) is 11.5. The molecular weight excluding hydrogens is 227 g/mol. The zero-order valence-electron chi connectivity index (χ0n) is 8.45. The van der Waals surface area contributed by atoms with Gasteiger partial charge in [-0.1, -0.05) is 29.8 Å². The van der Waals surface area contributed by atoms with E-state index in [2.05, 4.69) is 4.98 Å². The van der Waals surface area contributed by atoms with Crippen LogP contribution in [-0.4, -0.2) is 4.98 Å². The lowest BCUT2D eigenvalue weighted by molar-refractivity contribution is 0.614. The van der Waals surface area contributed by atoms with E-state index in [0.717, 1.165) is 5.56 Å². The number of pyridine rings is 1. The van der Waals surface area contributed by atoms with E-state index in [-0.39, 0.29) is 5.02 Å². The van der Waals surface area contributed by atoms with Gasteiger partial charge in [0.05, 0.1) is 5.02 Å². The summed E-state index contributed by atoms with van der Waals surface area (Å²) < 4.78 is 13.6. The summed E-state index contributed by atoms with van der Waals surface area (Å²) in [5.41, 5.74) is 7.01. The van der Waals surface area contributed by atoms with Crippen LogP contribution in [0.25, 0.3) is 0 Å². The second-order valence-electron chi connectivity index (χ2n) is 3.44. The second kappa shape index (κ2) is 4.49. The van der Waals surface area contributed by atoms with Crippen LogP contribution in [0, 0.1) is 5.82 Å². The Morgan fingerprint density at radius 2 is 1.94 bits per heavy atom. The molecule has 0 aliphatic carbocycles. The molecule has 0 bridgehead atoms. The standard InChI is InChI=1S/C12H10ClFN2/c13-10-5-1-3-8(11(10)14)7-9-4-2-6-16-12(9)15/h1-6H,7H2,(H2,15,16). The fourth-order valence-corrected chi connectivity index (χ4v) is 1.68. The molecule has 1 aromatic heterocycles. The van der Waals surface area contributed by atoms with Crippen LogP contribution in [0.5, 0.6) is 0 Å². The van der Waals surface area contributed by atoms with Gasteiger partial charge in [0.15, 0.2) is 0 Å². The van der Waals surface area contributed by atoms with Crippen molar-refractivity contribution in [2.75, 3.05) is 5.73 Å². The van der Waals surface area contributed by atoms with E-state index in [1.165, 1.54) is 6.07 Å². The maximum absolute atomic E-state index is 13.6. The minimum atomic E-state index is -0.396. The summed E-state index contributed by atoms with van der Waals surface area (Å²) in [4.78, 5) is 3.95. The van der Waals surface area contributed by atoms with Crippen LogP contribution in [0.4, 0.5) is 10.2 Å². The highest BCUT2D eigenvalue weighted by Gasteiger charge is 2.08. The maximum Gasteiger partial charge on any atom is 0.145 e. The van der Waals surface area contributed by atoms with Crippen molar-refractivity contribution in [3.8, 4) is 0 Å². The molecule has 2 N–H and O–H groups in total. The minimum Gasteiger partial charge on any atom is -0.383 e. The van der Waals surface area contributed by atoms with Gasteiger partial charge >= 0.3 is 0 Å². The topological polar surface area (TPSA) is 38.9 Å². The Bertz CT molecular complexity index is 514. The van der Waals surface area contributed by atoms with Crippen LogP contribution in [0.2, 0.25) is 5.02 Å². The van der Waals surface area contributed by atoms with E-state index in [9.17, 15) is 4.39 Å². The molecule has 0 fully saturated rings. The summed E-state index contributed by atoms with van der Waals surface area (Å²) in [6.07, 6.45) is 2.00. The number of hydrogen-bond acceptors (Lipinski definition) is 2. The van der Waals surface area contributed by atoms with Crippen LogP contribution in [0.1, 0.15) is 11.1 Å². The number of rotatable bonds is 2. The number of nitrogens with zero attached hydrogens (tertiary/aromatic N) is 1. The Kier molecular flexibility index (Phi) is 3.06. The first kappa shape index (κ1) is 10.9. The average molecular weight is 237 g/mol. The lowest BCUT2D eigenvalue weighted by atomic mass is 10.1. The summed E-state index contributed by atoms with van der Waals surface area (Å²) in [6.45, 7) is 0. The number of anilines is 1. The van der Waals surface area contributed by atoms with Crippen molar-refractivity contribution in [2.24, 2.45) is 0 Å². The summed E-state index contributed by atoms with van der Waals surface area (Å²) in [6, 6.07) is 8.52. The first-order valence-corrected chi connectivity index (χ1v) is 5.18. The fourth-order valence-electron chi connectivity index (χ4n) is 1.49. The molecule has 0 aliphatic rings. The highest BCUT2D eigenvalue weighted by atomic mass is 35.5. The van der Waals surface area contributed by atoms with Crippen molar-refractivity contribution in [1.82, 2.24) is 4.98 Å². The molecule has 0 spiro atoms. The fraction of sp³-hybridized carbons (Fsp3) is 0.0833. The molecule has 82 valence electrons. The molecule has 0 radical (unpaired) electrons. The largest absolute Gasteiger partial charge is 0.383 e. The van der Waals surface area contributed by atoms with Crippen molar-refractivity contribution in [2.45, 2.75) is 6.42 Å². The first-order chi connectivity index (χ1) is 7.68. The number of nitrogens with two attached hydrogens (primary N) is 1. The molecule has 2 nitrogen and oxygen atoms in total. The second-order valence-corrected chi connectivity index (χ2v) is 3.84. The van der Waals surface area contributed by atoms with E-state index in [4.69, 9.17) is 17.3 Å². The van der Waals surface area contributed by atoms with Gasteiger partial charge in [0.1, 0.15) is 11.6 Å². The molecule has 4 heteroatoms. The first-order valence-electron chi connectivity index (χ1n) is 4.80. The number of nitrogen functional groups attached to an aromatic ring is 1. The number of aromatic nitrogens is 1. The quantitative estimate of drug-likeness (QED) is 0.871. The van der Waals surface area contributed by atoms with E-state index < -0.39 is 5.82 Å². The molecule has 0 amide bonds.